The van der Waals surface area contributed by atoms with Crippen LogP contribution in [0.15, 0.2) is 59.3 Å². The minimum absolute atomic E-state index is 0.949. The van der Waals surface area contributed by atoms with Crippen molar-refractivity contribution in [2.45, 2.75) is 34.6 Å². The Morgan fingerprint density at radius 2 is 1.74 bits per heavy atom. The Morgan fingerprint density at radius 1 is 1.11 bits per heavy atom. The van der Waals surface area contributed by atoms with Gasteiger partial charge < -0.3 is 0 Å². The van der Waals surface area contributed by atoms with Crippen molar-refractivity contribution in [2.75, 3.05) is 0 Å². The van der Waals surface area contributed by atoms with E-state index in [4.69, 9.17) is 4.99 Å². The molecule has 0 fully saturated rings. The molecule has 0 heterocycles. The largest absolute Gasteiger partial charge is 0.253 e. The van der Waals surface area contributed by atoms with E-state index in [0.29, 0.717) is 0 Å². The molecule has 0 aromatic heterocycles. The summed E-state index contributed by atoms with van der Waals surface area (Å²) in [5, 5.41) is 0. The van der Waals surface area contributed by atoms with Gasteiger partial charge in [0.2, 0.25) is 0 Å². The van der Waals surface area contributed by atoms with Gasteiger partial charge >= 0.3 is 0 Å². The van der Waals surface area contributed by atoms with Crippen LogP contribution in [0.5, 0.6) is 0 Å². The summed E-state index contributed by atoms with van der Waals surface area (Å²) in [4.78, 5) is 4.69. The summed E-state index contributed by atoms with van der Waals surface area (Å²) in [5.74, 6) is 0. The van der Waals surface area contributed by atoms with Crippen molar-refractivity contribution < 1.29 is 0 Å². The SMILES string of the molecule is C=C(C)C(=C/C)/N=C(C)/C(=C/C)c1ccccc1C. The molecule has 1 rings (SSSR count). The lowest BCUT2D eigenvalue weighted by Crippen LogP contribution is -2.00. The minimum Gasteiger partial charge on any atom is -0.253 e. The van der Waals surface area contributed by atoms with E-state index in [1.165, 1.54) is 16.7 Å². The predicted octanol–water partition coefficient (Wildman–Crippen LogP) is 5.34. The van der Waals surface area contributed by atoms with E-state index in [9.17, 15) is 0 Å². The number of aryl methyl sites for hydroxylation is 1. The second kappa shape index (κ2) is 6.89. The molecule has 19 heavy (non-hydrogen) atoms. The Hall–Kier alpha value is -1.89. The lowest BCUT2D eigenvalue weighted by molar-refractivity contribution is 1.27. The highest BCUT2D eigenvalue weighted by molar-refractivity contribution is 6.23. The average Bonchev–Trinajstić information content (AvgIpc) is 2.38. The molecule has 1 heteroatoms. The van der Waals surface area contributed by atoms with Crippen molar-refractivity contribution in [3.8, 4) is 0 Å². The molecule has 0 saturated carbocycles. The number of benzene rings is 1. The summed E-state index contributed by atoms with van der Waals surface area (Å²) in [6, 6.07) is 8.39. The molecule has 0 aliphatic heterocycles. The van der Waals surface area contributed by atoms with Crippen LogP contribution in [-0.4, -0.2) is 5.71 Å². The lowest BCUT2D eigenvalue weighted by Gasteiger charge is -2.11. The molecule has 1 aromatic rings. The van der Waals surface area contributed by atoms with Crippen LogP contribution >= 0.6 is 0 Å². The minimum atomic E-state index is 0.949. The summed E-state index contributed by atoms with van der Waals surface area (Å²) in [5.41, 5.74) is 6.64. The van der Waals surface area contributed by atoms with E-state index >= 15 is 0 Å². The van der Waals surface area contributed by atoms with Crippen LogP contribution in [0, 0.1) is 6.92 Å². The third kappa shape index (κ3) is 3.78. The van der Waals surface area contributed by atoms with E-state index in [1.807, 2.05) is 26.8 Å². The fourth-order valence-electron chi connectivity index (χ4n) is 2.08. The fourth-order valence-corrected chi connectivity index (χ4v) is 2.08. The van der Waals surface area contributed by atoms with Crippen molar-refractivity contribution in [3.63, 3.8) is 0 Å². The van der Waals surface area contributed by atoms with Crippen LogP contribution in [0.25, 0.3) is 5.57 Å². The molecule has 0 saturated heterocycles. The van der Waals surface area contributed by atoms with Crippen molar-refractivity contribution in [1.29, 1.82) is 0 Å². The molecule has 1 nitrogen and oxygen atoms in total. The number of hydrogen-bond donors (Lipinski definition) is 0. The van der Waals surface area contributed by atoms with Gasteiger partial charge in [0.25, 0.3) is 0 Å². The molecule has 0 amide bonds. The first kappa shape index (κ1) is 15.2. The smallest absolute Gasteiger partial charge is 0.0613 e. The van der Waals surface area contributed by atoms with Crippen molar-refractivity contribution >= 4 is 11.3 Å². The third-order valence-electron chi connectivity index (χ3n) is 3.11. The van der Waals surface area contributed by atoms with Crippen LogP contribution in [0.1, 0.15) is 38.8 Å². The molecule has 0 N–H and O–H groups in total. The van der Waals surface area contributed by atoms with Gasteiger partial charge in [0, 0.05) is 5.71 Å². The zero-order valence-corrected chi connectivity index (χ0v) is 12.6. The number of rotatable bonds is 4. The quantitative estimate of drug-likeness (QED) is 0.507. The van der Waals surface area contributed by atoms with E-state index in [0.717, 1.165) is 17.0 Å². The first-order chi connectivity index (χ1) is 9.01. The summed E-state index contributed by atoms with van der Waals surface area (Å²) in [7, 11) is 0. The summed E-state index contributed by atoms with van der Waals surface area (Å²) in [6.45, 7) is 14.2. The second-order valence-electron chi connectivity index (χ2n) is 4.67. The first-order valence-electron chi connectivity index (χ1n) is 6.61. The van der Waals surface area contributed by atoms with Crippen LogP contribution in [-0.2, 0) is 0 Å². The van der Waals surface area contributed by atoms with Crippen molar-refractivity contribution in [3.05, 3.63) is 65.4 Å². The Morgan fingerprint density at radius 3 is 2.21 bits per heavy atom. The van der Waals surface area contributed by atoms with Crippen LogP contribution in [0.4, 0.5) is 0 Å². The van der Waals surface area contributed by atoms with Gasteiger partial charge in [-0.15, -0.1) is 0 Å². The van der Waals surface area contributed by atoms with Crippen LogP contribution < -0.4 is 0 Å². The summed E-state index contributed by atoms with van der Waals surface area (Å²) >= 11 is 0. The highest BCUT2D eigenvalue weighted by Gasteiger charge is 2.07. The van der Waals surface area contributed by atoms with Gasteiger partial charge in [-0.05, 0) is 56.9 Å². The van der Waals surface area contributed by atoms with E-state index in [1.54, 1.807) is 0 Å². The Kier molecular flexibility index (Phi) is 5.50. The first-order valence-corrected chi connectivity index (χ1v) is 6.61. The molecule has 100 valence electrons. The highest BCUT2D eigenvalue weighted by Crippen LogP contribution is 2.22. The third-order valence-corrected chi connectivity index (χ3v) is 3.11. The normalized spacial score (nSPS) is 13.6. The van der Waals surface area contributed by atoms with Gasteiger partial charge in [-0.1, -0.05) is 43.0 Å². The van der Waals surface area contributed by atoms with E-state index in [-0.39, 0.29) is 0 Å². The second-order valence-corrected chi connectivity index (χ2v) is 4.67. The highest BCUT2D eigenvalue weighted by atomic mass is 14.8. The maximum absolute atomic E-state index is 4.69. The van der Waals surface area contributed by atoms with Crippen molar-refractivity contribution in [1.82, 2.24) is 0 Å². The molecule has 0 unspecified atom stereocenters. The monoisotopic (exact) mass is 253 g/mol. The maximum Gasteiger partial charge on any atom is 0.0613 e. The molecule has 0 radical (unpaired) electrons. The van der Waals surface area contributed by atoms with E-state index in [2.05, 4.69) is 50.8 Å². The number of aliphatic imine (C=N–C) groups is 1. The van der Waals surface area contributed by atoms with Gasteiger partial charge in [0.15, 0.2) is 0 Å². The number of nitrogens with zero attached hydrogens (tertiary/aromatic N) is 1. The zero-order valence-electron chi connectivity index (χ0n) is 12.6. The molecule has 0 atom stereocenters. The molecule has 0 aliphatic carbocycles. The predicted molar refractivity (Wildman–Crippen MR) is 86.5 cm³/mol. The Bertz CT molecular complexity index is 557. The van der Waals surface area contributed by atoms with E-state index < -0.39 is 0 Å². The molecular weight excluding hydrogens is 230 g/mol. The molecule has 0 spiro atoms. The maximum atomic E-state index is 4.69. The van der Waals surface area contributed by atoms with Gasteiger partial charge in [-0.3, -0.25) is 4.99 Å². The van der Waals surface area contributed by atoms with Gasteiger partial charge in [-0.25, -0.2) is 0 Å². The van der Waals surface area contributed by atoms with Gasteiger partial charge in [0.1, 0.15) is 0 Å². The summed E-state index contributed by atoms with van der Waals surface area (Å²) < 4.78 is 0. The number of allylic oxidation sites excluding steroid dienone is 4. The van der Waals surface area contributed by atoms with Gasteiger partial charge in [-0.2, -0.15) is 0 Å². The van der Waals surface area contributed by atoms with Gasteiger partial charge in [0.05, 0.1) is 5.70 Å². The van der Waals surface area contributed by atoms with Crippen molar-refractivity contribution in [2.24, 2.45) is 4.99 Å². The number of hydrogen-bond acceptors (Lipinski definition) is 1. The molecular formula is C18H23N. The van der Waals surface area contributed by atoms with Crippen LogP contribution in [0.2, 0.25) is 0 Å². The fraction of sp³-hybridized carbons (Fsp3) is 0.278. The molecule has 0 bridgehead atoms. The topological polar surface area (TPSA) is 12.4 Å². The molecule has 1 aromatic carbocycles. The standard InChI is InChI=1S/C18H23N/c1-7-16(17-12-10-9-11-14(17)5)15(6)19-18(8-2)13(3)4/h7-12H,3H2,1-2,4-6H3/b16-7-,18-8-,19-15+. The Balaban J connectivity index is 3.23. The molecule has 0 aliphatic rings. The van der Waals surface area contributed by atoms with Crippen LogP contribution in [0.3, 0.4) is 0 Å². The Labute approximate surface area is 117 Å². The lowest BCUT2D eigenvalue weighted by atomic mass is 9.97. The average molecular weight is 253 g/mol. The zero-order chi connectivity index (χ0) is 14.4. The summed E-state index contributed by atoms with van der Waals surface area (Å²) in [6.07, 6.45) is 4.11.